The molecule has 1 aliphatic rings. The minimum absolute atomic E-state index is 0.0775. The SMILES string of the molecule is O=C(Nc1ccccc1)c1cccc(CN(CCCCO)C2CC2)c1. The summed E-state index contributed by atoms with van der Waals surface area (Å²) in [4.78, 5) is 14.9. The van der Waals surface area contributed by atoms with Crippen LogP contribution in [-0.4, -0.2) is 35.1 Å². The molecular weight excluding hydrogens is 312 g/mol. The van der Waals surface area contributed by atoms with Crippen LogP contribution in [0.25, 0.3) is 0 Å². The lowest BCUT2D eigenvalue weighted by Gasteiger charge is -2.22. The maximum absolute atomic E-state index is 12.5. The smallest absolute Gasteiger partial charge is 0.255 e. The summed E-state index contributed by atoms with van der Waals surface area (Å²) in [5, 5.41) is 11.9. The molecule has 4 nitrogen and oxygen atoms in total. The monoisotopic (exact) mass is 338 g/mol. The number of para-hydroxylation sites is 1. The molecule has 0 aliphatic heterocycles. The van der Waals surface area contributed by atoms with Gasteiger partial charge in [0.25, 0.3) is 5.91 Å². The summed E-state index contributed by atoms with van der Waals surface area (Å²) in [7, 11) is 0. The summed E-state index contributed by atoms with van der Waals surface area (Å²) in [6.07, 6.45) is 4.38. The van der Waals surface area contributed by atoms with Crippen LogP contribution in [0.4, 0.5) is 5.69 Å². The van der Waals surface area contributed by atoms with E-state index in [-0.39, 0.29) is 12.5 Å². The first-order valence-electron chi connectivity index (χ1n) is 9.06. The molecule has 2 N–H and O–H groups in total. The van der Waals surface area contributed by atoms with Crippen molar-refractivity contribution in [3.8, 4) is 0 Å². The van der Waals surface area contributed by atoms with Gasteiger partial charge in [0.05, 0.1) is 0 Å². The van der Waals surface area contributed by atoms with E-state index < -0.39 is 0 Å². The Morgan fingerprint density at radius 1 is 1.08 bits per heavy atom. The van der Waals surface area contributed by atoms with Gasteiger partial charge in [-0.3, -0.25) is 9.69 Å². The van der Waals surface area contributed by atoms with Crippen molar-refractivity contribution in [1.82, 2.24) is 4.90 Å². The standard InChI is InChI=1S/C21H26N2O2/c24-14-5-4-13-23(20-11-12-20)16-17-7-6-8-18(15-17)21(25)22-19-9-2-1-3-10-19/h1-3,6-10,15,20,24H,4-5,11-14,16H2,(H,22,25). The molecule has 1 aliphatic carbocycles. The normalized spacial score (nSPS) is 13.8. The highest BCUT2D eigenvalue weighted by atomic mass is 16.2. The lowest BCUT2D eigenvalue weighted by Crippen LogP contribution is -2.27. The van der Waals surface area contributed by atoms with E-state index in [0.717, 1.165) is 37.2 Å². The van der Waals surface area contributed by atoms with Crippen LogP contribution >= 0.6 is 0 Å². The fourth-order valence-corrected chi connectivity index (χ4v) is 3.03. The molecule has 0 saturated heterocycles. The van der Waals surface area contributed by atoms with Crippen LogP contribution < -0.4 is 5.32 Å². The summed E-state index contributed by atoms with van der Waals surface area (Å²) in [6, 6.07) is 18.1. The maximum atomic E-state index is 12.5. The number of unbranched alkanes of at least 4 members (excludes halogenated alkanes) is 1. The lowest BCUT2D eigenvalue weighted by atomic mass is 10.1. The van der Waals surface area contributed by atoms with Gasteiger partial charge in [-0.05, 0) is 62.1 Å². The zero-order valence-electron chi connectivity index (χ0n) is 14.5. The number of aliphatic hydroxyl groups is 1. The number of nitrogens with zero attached hydrogens (tertiary/aromatic N) is 1. The zero-order chi connectivity index (χ0) is 17.5. The molecule has 0 heterocycles. The molecule has 1 fully saturated rings. The fraction of sp³-hybridized carbons (Fsp3) is 0.381. The van der Waals surface area contributed by atoms with Crippen molar-refractivity contribution in [2.75, 3.05) is 18.5 Å². The van der Waals surface area contributed by atoms with Gasteiger partial charge in [0.1, 0.15) is 0 Å². The molecule has 0 unspecified atom stereocenters. The third kappa shape index (κ3) is 5.41. The van der Waals surface area contributed by atoms with Crippen molar-refractivity contribution in [3.05, 3.63) is 65.7 Å². The third-order valence-corrected chi connectivity index (χ3v) is 4.52. The predicted octanol–water partition coefficient (Wildman–Crippen LogP) is 3.68. The summed E-state index contributed by atoms with van der Waals surface area (Å²) < 4.78 is 0. The van der Waals surface area contributed by atoms with E-state index in [1.165, 1.54) is 12.8 Å². The van der Waals surface area contributed by atoms with Gasteiger partial charge in [-0.1, -0.05) is 30.3 Å². The van der Waals surface area contributed by atoms with Gasteiger partial charge in [0.2, 0.25) is 0 Å². The Bertz CT molecular complexity index is 683. The maximum Gasteiger partial charge on any atom is 0.255 e. The number of carbonyl (C=O) groups excluding carboxylic acids is 1. The molecule has 0 radical (unpaired) electrons. The number of rotatable bonds is 9. The molecule has 1 saturated carbocycles. The highest BCUT2D eigenvalue weighted by molar-refractivity contribution is 6.04. The average molecular weight is 338 g/mol. The number of anilines is 1. The topological polar surface area (TPSA) is 52.6 Å². The van der Waals surface area contributed by atoms with Crippen LogP contribution in [0.5, 0.6) is 0 Å². The Morgan fingerprint density at radius 3 is 2.60 bits per heavy atom. The highest BCUT2D eigenvalue weighted by Crippen LogP contribution is 2.28. The molecule has 0 aromatic heterocycles. The number of amides is 1. The van der Waals surface area contributed by atoms with Crippen LogP contribution in [0.3, 0.4) is 0 Å². The summed E-state index contributed by atoms with van der Waals surface area (Å²) in [5.74, 6) is -0.0775. The second-order valence-corrected chi connectivity index (χ2v) is 6.65. The number of hydrogen-bond acceptors (Lipinski definition) is 3. The predicted molar refractivity (Wildman–Crippen MR) is 101 cm³/mol. The number of hydrogen-bond donors (Lipinski definition) is 2. The summed E-state index contributed by atoms with van der Waals surface area (Å²) in [6.45, 7) is 2.13. The van der Waals surface area contributed by atoms with Crippen molar-refractivity contribution < 1.29 is 9.90 Å². The van der Waals surface area contributed by atoms with Crippen LogP contribution in [0, 0.1) is 0 Å². The quantitative estimate of drug-likeness (QED) is 0.686. The van der Waals surface area contributed by atoms with E-state index in [1.807, 2.05) is 48.5 Å². The minimum Gasteiger partial charge on any atom is -0.396 e. The van der Waals surface area contributed by atoms with E-state index in [0.29, 0.717) is 11.6 Å². The molecular formula is C21H26N2O2. The first kappa shape index (κ1) is 17.6. The highest BCUT2D eigenvalue weighted by Gasteiger charge is 2.28. The first-order chi connectivity index (χ1) is 12.3. The minimum atomic E-state index is -0.0775. The Labute approximate surface area is 149 Å². The van der Waals surface area contributed by atoms with Crippen molar-refractivity contribution >= 4 is 11.6 Å². The first-order valence-corrected chi connectivity index (χ1v) is 9.06. The van der Waals surface area contributed by atoms with Gasteiger partial charge in [-0.15, -0.1) is 0 Å². The Morgan fingerprint density at radius 2 is 1.88 bits per heavy atom. The Hall–Kier alpha value is -2.17. The van der Waals surface area contributed by atoms with Crippen molar-refractivity contribution in [2.24, 2.45) is 0 Å². The molecule has 0 atom stereocenters. The van der Waals surface area contributed by atoms with E-state index in [2.05, 4.69) is 16.3 Å². The molecule has 0 spiro atoms. The van der Waals surface area contributed by atoms with Gasteiger partial charge in [0, 0.05) is 30.4 Å². The van der Waals surface area contributed by atoms with E-state index >= 15 is 0 Å². The molecule has 3 rings (SSSR count). The van der Waals surface area contributed by atoms with Crippen molar-refractivity contribution in [1.29, 1.82) is 0 Å². The van der Waals surface area contributed by atoms with E-state index in [9.17, 15) is 4.79 Å². The number of nitrogens with one attached hydrogen (secondary N) is 1. The number of carbonyl (C=O) groups is 1. The van der Waals surface area contributed by atoms with Gasteiger partial charge < -0.3 is 10.4 Å². The van der Waals surface area contributed by atoms with Crippen LogP contribution in [0.1, 0.15) is 41.6 Å². The van der Waals surface area contributed by atoms with Gasteiger partial charge in [-0.2, -0.15) is 0 Å². The van der Waals surface area contributed by atoms with Crippen molar-refractivity contribution in [3.63, 3.8) is 0 Å². The summed E-state index contributed by atoms with van der Waals surface area (Å²) in [5.41, 5.74) is 2.66. The fourth-order valence-electron chi connectivity index (χ4n) is 3.03. The third-order valence-electron chi connectivity index (χ3n) is 4.52. The molecule has 0 bridgehead atoms. The molecule has 1 amide bonds. The molecule has 132 valence electrons. The van der Waals surface area contributed by atoms with Crippen LogP contribution in [-0.2, 0) is 6.54 Å². The number of benzene rings is 2. The number of aliphatic hydroxyl groups excluding tert-OH is 1. The molecule has 25 heavy (non-hydrogen) atoms. The lowest BCUT2D eigenvalue weighted by molar-refractivity contribution is 0.102. The van der Waals surface area contributed by atoms with Gasteiger partial charge >= 0.3 is 0 Å². The molecule has 2 aromatic rings. The van der Waals surface area contributed by atoms with Crippen LogP contribution in [0.2, 0.25) is 0 Å². The van der Waals surface area contributed by atoms with E-state index in [1.54, 1.807) is 0 Å². The van der Waals surface area contributed by atoms with Gasteiger partial charge in [-0.25, -0.2) is 0 Å². The van der Waals surface area contributed by atoms with Crippen molar-refractivity contribution in [2.45, 2.75) is 38.3 Å². The summed E-state index contributed by atoms with van der Waals surface area (Å²) >= 11 is 0. The molecule has 4 heteroatoms. The zero-order valence-corrected chi connectivity index (χ0v) is 14.5. The second kappa shape index (κ2) is 8.79. The second-order valence-electron chi connectivity index (χ2n) is 6.65. The Balaban J connectivity index is 1.62. The molecule has 2 aromatic carbocycles. The van der Waals surface area contributed by atoms with Crippen LogP contribution in [0.15, 0.2) is 54.6 Å². The largest absolute Gasteiger partial charge is 0.396 e. The Kier molecular flexibility index (Phi) is 6.20. The van der Waals surface area contributed by atoms with Gasteiger partial charge in [0.15, 0.2) is 0 Å². The van der Waals surface area contributed by atoms with E-state index in [4.69, 9.17) is 5.11 Å². The average Bonchev–Trinajstić information content (AvgIpc) is 3.47.